The molecule has 0 unspecified atom stereocenters. The average Bonchev–Trinajstić information content (AvgIpc) is 3.48. The summed E-state index contributed by atoms with van der Waals surface area (Å²) < 4.78 is 1.65. The Hall–Kier alpha value is -4.10. The van der Waals surface area contributed by atoms with Crippen molar-refractivity contribution in [1.82, 2.24) is 14.9 Å². The lowest BCUT2D eigenvalue weighted by molar-refractivity contribution is -0.123. The van der Waals surface area contributed by atoms with Crippen LogP contribution in [0.15, 0.2) is 71.5 Å². The van der Waals surface area contributed by atoms with E-state index in [0.29, 0.717) is 40.4 Å². The molecule has 196 valence electrons. The van der Waals surface area contributed by atoms with Gasteiger partial charge in [0.25, 0.3) is 5.56 Å². The fourth-order valence-corrected chi connectivity index (χ4v) is 7.31. The summed E-state index contributed by atoms with van der Waals surface area (Å²) in [4.78, 5) is 49.3. The van der Waals surface area contributed by atoms with Crippen LogP contribution in [0.5, 0.6) is 0 Å². The fourth-order valence-electron chi connectivity index (χ4n) is 7.31. The van der Waals surface area contributed by atoms with E-state index in [4.69, 9.17) is 4.98 Å². The first-order chi connectivity index (χ1) is 18.8. The molecule has 4 heterocycles. The van der Waals surface area contributed by atoms with Gasteiger partial charge in [0.15, 0.2) is 0 Å². The Kier molecular flexibility index (Phi) is 5.04. The van der Waals surface area contributed by atoms with Gasteiger partial charge in [0, 0.05) is 11.6 Å². The average molecular weight is 519 g/mol. The fraction of sp³-hybridized carbons (Fsp3) is 0.312. The molecule has 3 aliphatic rings. The second-order valence-corrected chi connectivity index (χ2v) is 11.6. The van der Waals surface area contributed by atoms with Crippen LogP contribution in [0.1, 0.15) is 42.8 Å². The zero-order valence-corrected chi connectivity index (χ0v) is 22.4. The summed E-state index contributed by atoms with van der Waals surface area (Å²) in [6.45, 7) is 8.12. The van der Waals surface area contributed by atoms with Crippen molar-refractivity contribution >= 4 is 28.4 Å². The second kappa shape index (κ2) is 8.20. The van der Waals surface area contributed by atoms with E-state index in [9.17, 15) is 14.4 Å². The van der Waals surface area contributed by atoms with Gasteiger partial charge in [0.1, 0.15) is 11.4 Å². The summed E-state index contributed by atoms with van der Waals surface area (Å²) in [6, 6.07) is 20.5. The predicted octanol–water partition coefficient (Wildman–Crippen LogP) is 4.38. The summed E-state index contributed by atoms with van der Waals surface area (Å²) >= 11 is 0. The zero-order chi connectivity index (χ0) is 27.2. The van der Waals surface area contributed by atoms with Gasteiger partial charge in [-0.2, -0.15) is 0 Å². The minimum atomic E-state index is -1.11. The highest BCUT2D eigenvalue weighted by Crippen LogP contribution is 2.56. The molecule has 2 fully saturated rings. The molecule has 4 aromatic rings. The number of amides is 2. The molecule has 39 heavy (non-hydrogen) atoms. The monoisotopic (exact) mass is 518 g/mol. The molecular weight excluding hydrogens is 488 g/mol. The third-order valence-corrected chi connectivity index (χ3v) is 8.75. The molecule has 7 rings (SSSR count). The number of nitrogens with zero attached hydrogens (tertiary/aromatic N) is 3. The van der Waals surface area contributed by atoms with E-state index in [1.54, 1.807) is 10.6 Å². The van der Waals surface area contributed by atoms with Crippen molar-refractivity contribution in [3.63, 3.8) is 0 Å². The summed E-state index contributed by atoms with van der Waals surface area (Å²) in [7, 11) is 0. The van der Waals surface area contributed by atoms with E-state index in [0.717, 1.165) is 16.7 Å². The number of benzene rings is 3. The summed E-state index contributed by atoms with van der Waals surface area (Å²) in [5.41, 5.74) is 3.24. The molecule has 2 amide bonds. The number of imide groups is 1. The number of nitrogens with one attached hydrogen (secondary N) is 1. The van der Waals surface area contributed by atoms with E-state index in [1.165, 1.54) is 4.90 Å². The molecular formula is C32H30N4O3. The number of aryl methyl sites for hydroxylation is 2. The highest BCUT2D eigenvalue weighted by atomic mass is 16.2. The lowest BCUT2D eigenvalue weighted by atomic mass is 9.75. The first-order valence-electron chi connectivity index (χ1n) is 13.6. The van der Waals surface area contributed by atoms with Crippen LogP contribution in [-0.4, -0.2) is 27.4 Å². The van der Waals surface area contributed by atoms with E-state index >= 15 is 0 Å². The van der Waals surface area contributed by atoms with Crippen LogP contribution in [0, 0.1) is 31.6 Å². The topological polar surface area (TPSA) is 84.3 Å². The van der Waals surface area contributed by atoms with Crippen LogP contribution in [0.25, 0.3) is 16.6 Å². The Labute approximate surface area is 226 Å². The van der Waals surface area contributed by atoms with Gasteiger partial charge in [-0.15, -0.1) is 0 Å². The lowest BCUT2D eigenvalue weighted by Gasteiger charge is -2.32. The molecule has 1 N–H and O–H groups in total. The van der Waals surface area contributed by atoms with Gasteiger partial charge in [-0.25, -0.2) is 9.88 Å². The second-order valence-electron chi connectivity index (χ2n) is 11.6. The molecule has 4 atom stereocenters. The van der Waals surface area contributed by atoms with E-state index in [-0.39, 0.29) is 23.4 Å². The quantitative estimate of drug-likeness (QED) is 0.407. The Balaban J connectivity index is 1.54. The van der Waals surface area contributed by atoms with Gasteiger partial charge >= 0.3 is 0 Å². The van der Waals surface area contributed by atoms with Gasteiger partial charge < -0.3 is 0 Å². The molecule has 7 nitrogen and oxygen atoms in total. The number of carbonyl (C=O) groups is 2. The molecule has 0 bridgehead atoms. The van der Waals surface area contributed by atoms with Crippen LogP contribution in [0.2, 0.25) is 0 Å². The minimum Gasteiger partial charge on any atom is -0.297 e. The normalized spacial score (nSPS) is 25.2. The number of fused-ring (bicyclic) bond motifs is 8. The molecule has 3 aromatic carbocycles. The zero-order valence-electron chi connectivity index (χ0n) is 22.4. The SMILES string of the molecule is Cc1cccc(C)c1N1C(=O)[C@H]2[C@H](CC(C)C)N[C@@]3(c4ccccc4-n4c3nc3ccccc3c4=O)[C@H]2C1=O. The smallest absolute Gasteiger partial charge is 0.266 e. The number of hydrogen-bond donors (Lipinski definition) is 1. The van der Waals surface area contributed by atoms with Crippen molar-refractivity contribution in [3.05, 3.63) is 99.6 Å². The number of hydrogen-bond acceptors (Lipinski definition) is 5. The summed E-state index contributed by atoms with van der Waals surface area (Å²) in [6.07, 6.45) is 0.711. The van der Waals surface area contributed by atoms with Crippen LogP contribution < -0.4 is 15.8 Å². The Bertz CT molecular complexity index is 1750. The maximum Gasteiger partial charge on any atom is 0.266 e. The number of rotatable bonds is 3. The summed E-state index contributed by atoms with van der Waals surface area (Å²) in [5, 5.41) is 4.30. The molecule has 1 aromatic heterocycles. The van der Waals surface area contributed by atoms with Gasteiger partial charge in [-0.3, -0.25) is 24.3 Å². The highest BCUT2D eigenvalue weighted by Gasteiger charge is 2.69. The van der Waals surface area contributed by atoms with Crippen molar-refractivity contribution in [2.24, 2.45) is 17.8 Å². The third kappa shape index (κ3) is 3.02. The van der Waals surface area contributed by atoms with Crippen molar-refractivity contribution in [1.29, 1.82) is 0 Å². The predicted molar refractivity (Wildman–Crippen MR) is 150 cm³/mol. The molecule has 2 saturated heterocycles. The van der Waals surface area contributed by atoms with Crippen LogP contribution in [-0.2, 0) is 15.1 Å². The first kappa shape index (κ1) is 24.0. The first-order valence-corrected chi connectivity index (χ1v) is 13.6. The van der Waals surface area contributed by atoms with Crippen molar-refractivity contribution in [3.8, 4) is 5.69 Å². The highest BCUT2D eigenvalue weighted by molar-refractivity contribution is 6.24. The van der Waals surface area contributed by atoms with Gasteiger partial charge in [0.2, 0.25) is 11.8 Å². The molecule has 0 aliphatic carbocycles. The van der Waals surface area contributed by atoms with Crippen LogP contribution >= 0.6 is 0 Å². The molecule has 3 aliphatic heterocycles. The maximum atomic E-state index is 14.6. The molecule has 0 saturated carbocycles. The third-order valence-electron chi connectivity index (χ3n) is 8.75. The maximum absolute atomic E-state index is 14.6. The Morgan fingerprint density at radius 1 is 0.897 bits per heavy atom. The molecule has 7 heteroatoms. The standard InChI is InChI=1S/C32H30N4O3/c1-17(2)16-23-25-26(30(39)36(29(25)38)27-18(3)10-9-11-19(27)4)32(34-23)21-13-6-8-15-24(21)35-28(37)20-12-5-7-14-22(20)33-31(32)35/h5-15,17,23,25-26,34H,16H2,1-4H3/t23-,25-,26+,32-/m0/s1. The molecule has 1 spiro atoms. The van der Waals surface area contributed by atoms with Crippen molar-refractivity contribution in [2.45, 2.75) is 45.7 Å². The van der Waals surface area contributed by atoms with Gasteiger partial charge in [-0.1, -0.05) is 62.4 Å². The number of aromatic nitrogens is 2. The van der Waals surface area contributed by atoms with Crippen molar-refractivity contribution < 1.29 is 9.59 Å². The van der Waals surface area contributed by atoms with Crippen LogP contribution in [0.3, 0.4) is 0 Å². The number of carbonyl (C=O) groups excluding carboxylic acids is 2. The minimum absolute atomic E-state index is 0.172. The van der Waals surface area contributed by atoms with E-state index < -0.39 is 17.4 Å². The van der Waals surface area contributed by atoms with E-state index in [1.807, 2.05) is 74.5 Å². The Morgan fingerprint density at radius 2 is 1.59 bits per heavy atom. The van der Waals surface area contributed by atoms with Gasteiger partial charge in [0.05, 0.1) is 34.1 Å². The molecule has 0 radical (unpaired) electrons. The Morgan fingerprint density at radius 3 is 2.33 bits per heavy atom. The van der Waals surface area contributed by atoms with Crippen LogP contribution in [0.4, 0.5) is 5.69 Å². The van der Waals surface area contributed by atoms with E-state index in [2.05, 4.69) is 19.2 Å². The number of anilines is 1. The lowest BCUT2D eigenvalue weighted by Crippen LogP contribution is -2.50. The number of para-hydroxylation sites is 3. The summed E-state index contributed by atoms with van der Waals surface area (Å²) in [5.74, 6) is -0.974. The van der Waals surface area contributed by atoms with Crippen molar-refractivity contribution in [2.75, 3.05) is 4.90 Å². The van der Waals surface area contributed by atoms with Gasteiger partial charge in [-0.05, 0) is 55.5 Å². The largest absolute Gasteiger partial charge is 0.297 e.